The van der Waals surface area contributed by atoms with E-state index in [-0.39, 0.29) is 24.0 Å². The Morgan fingerprint density at radius 1 is 1.23 bits per heavy atom. The van der Waals surface area contributed by atoms with Gasteiger partial charge in [0.05, 0.1) is 13.7 Å². The molecule has 1 fully saturated rings. The third kappa shape index (κ3) is 5.35. The second kappa shape index (κ2) is 10.2. The number of fused-ring (bicyclic) bond motifs is 3. The molecule has 2 aliphatic rings. The first-order valence-electron chi connectivity index (χ1n) is 11.8. The molecule has 6 nitrogen and oxygen atoms in total. The van der Waals surface area contributed by atoms with Gasteiger partial charge in [0.25, 0.3) is 0 Å². The van der Waals surface area contributed by atoms with E-state index in [1.807, 2.05) is 20.8 Å². The van der Waals surface area contributed by atoms with Gasteiger partial charge in [0.2, 0.25) is 0 Å². The zero-order valence-electron chi connectivity index (χ0n) is 20.0. The maximum Gasteiger partial charge on any atom is 0.323 e. The van der Waals surface area contributed by atoms with Gasteiger partial charge < -0.3 is 19.9 Å². The topological polar surface area (TPSA) is 74.0 Å². The van der Waals surface area contributed by atoms with Gasteiger partial charge in [-0.25, -0.2) is 0 Å². The van der Waals surface area contributed by atoms with Crippen LogP contribution >= 0.6 is 0 Å². The molecule has 174 valence electrons. The minimum atomic E-state index is -0.579. The summed E-state index contributed by atoms with van der Waals surface area (Å²) in [5.41, 5.74) is 8.67. The number of nitrogens with zero attached hydrogens (tertiary/aromatic N) is 1. The van der Waals surface area contributed by atoms with Crippen LogP contribution in [0.5, 0.6) is 11.5 Å². The minimum absolute atomic E-state index is 0.0628. The van der Waals surface area contributed by atoms with Gasteiger partial charge >= 0.3 is 5.97 Å². The largest absolute Gasteiger partial charge is 0.493 e. The number of ether oxygens (including phenoxy) is 3. The Morgan fingerprint density at radius 2 is 1.97 bits per heavy atom. The number of methoxy groups -OCH3 is 1. The van der Waals surface area contributed by atoms with Crippen molar-refractivity contribution in [1.82, 2.24) is 4.90 Å². The number of esters is 1. The van der Waals surface area contributed by atoms with E-state index in [1.54, 1.807) is 7.11 Å². The molecule has 0 amide bonds. The third-order valence-electron chi connectivity index (χ3n) is 6.68. The molecular weight excluding hydrogens is 392 g/mol. The number of carbonyl (C=O) groups excluding carboxylic acids is 1. The first-order valence-corrected chi connectivity index (χ1v) is 11.8. The summed E-state index contributed by atoms with van der Waals surface area (Å²) in [5, 5.41) is 0. The van der Waals surface area contributed by atoms with E-state index in [2.05, 4.69) is 30.9 Å². The van der Waals surface area contributed by atoms with Crippen LogP contribution in [0, 0.1) is 17.8 Å². The quantitative estimate of drug-likeness (QED) is 0.627. The van der Waals surface area contributed by atoms with Crippen LogP contribution in [0.15, 0.2) is 12.1 Å². The Kier molecular flexibility index (Phi) is 7.87. The SMILES string of the molecule is CCOc1cc2c(cc1OC)[C@H]1C[C@@H](OC(=O)[C@@H](N)C(C)C)[C@H](CC(C)C)CN1CC2. The van der Waals surface area contributed by atoms with E-state index in [0.717, 1.165) is 43.9 Å². The zero-order valence-corrected chi connectivity index (χ0v) is 20.0. The van der Waals surface area contributed by atoms with E-state index in [4.69, 9.17) is 19.9 Å². The summed E-state index contributed by atoms with van der Waals surface area (Å²) in [6.07, 6.45) is 2.70. The van der Waals surface area contributed by atoms with Crippen molar-refractivity contribution in [2.45, 2.75) is 72.1 Å². The fraction of sp³-hybridized carbons (Fsp3) is 0.720. The highest BCUT2D eigenvalue weighted by atomic mass is 16.5. The molecule has 2 heterocycles. The highest BCUT2D eigenvalue weighted by Crippen LogP contribution is 2.44. The predicted molar refractivity (Wildman–Crippen MR) is 122 cm³/mol. The molecule has 0 aromatic heterocycles. The lowest BCUT2D eigenvalue weighted by molar-refractivity contribution is -0.160. The van der Waals surface area contributed by atoms with E-state index in [9.17, 15) is 4.79 Å². The molecule has 2 aliphatic heterocycles. The fourth-order valence-corrected chi connectivity index (χ4v) is 4.99. The van der Waals surface area contributed by atoms with Gasteiger partial charge in [-0.1, -0.05) is 27.7 Å². The molecule has 0 bridgehead atoms. The lowest BCUT2D eigenvalue weighted by Gasteiger charge is -2.47. The Balaban J connectivity index is 1.88. The summed E-state index contributed by atoms with van der Waals surface area (Å²) in [5.74, 6) is 2.23. The average Bonchev–Trinajstić information content (AvgIpc) is 2.72. The molecule has 6 heteroatoms. The van der Waals surface area contributed by atoms with Crippen LogP contribution in [-0.4, -0.2) is 49.8 Å². The Labute approximate surface area is 187 Å². The van der Waals surface area contributed by atoms with E-state index < -0.39 is 6.04 Å². The highest BCUT2D eigenvalue weighted by Gasteiger charge is 2.41. The van der Waals surface area contributed by atoms with Crippen LogP contribution in [0.25, 0.3) is 0 Å². The van der Waals surface area contributed by atoms with E-state index >= 15 is 0 Å². The number of piperidine rings is 1. The Hall–Kier alpha value is -1.79. The molecule has 0 spiro atoms. The Morgan fingerprint density at radius 3 is 2.58 bits per heavy atom. The van der Waals surface area contributed by atoms with Gasteiger partial charge in [-0.3, -0.25) is 9.69 Å². The normalized spacial score (nSPS) is 24.5. The number of carbonyl (C=O) groups is 1. The van der Waals surface area contributed by atoms with Gasteiger partial charge in [-0.2, -0.15) is 0 Å². The van der Waals surface area contributed by atoms with Crippen molar-refractivity contribution in [3.8, 4) is 11.5 Å². The fourth-order valence-electron chi connectivity index (χ4n) is 4.99. The zero-order chi connectivity index (χ0) is 22.7. The van der Waals surface area contributed by atoms with Crippen molar-refractivity contribution in [2.24, 2.45) is 23.5 Å². The summed E-state index contributed by atoms with van der Waals surface area (Å²) in [7, 11) is 1.68. The molecule has 3 rings (SSSR count). The van der Waals surface area contributed by atoms with Crippen LogP contribution in [0.4, 0.5) is 0 Å². The summed E-state index contributed by atoms with van der Waals surface area (Å²) < 4.78 is 17.5. The second-order valence-corrected chi connectivity index (χ2v) is 9.77. The molecule has 1 aromatic carbocycles. The second-order valence-electron chi connectivity index (χ2n) is 9.77. The summed E-state index contributed by atoms with van der Waals surface area (Å²) in [6, 6.07) is 3.89. The molecule has 0 saturated carbocycles. The molecule has 0 radical (unpaired) electrons. The number of rotatable bonds is 8. The van der Waals surface area contributed by atoms with Gasteiger partial charge in [-0.05, 0) is 54.9 Å². The van der Waals surface area contributed by atoms with Gasteiger partial charge in [0.1, 0.15) is 12.1 Å². The molecular formula is C25H40N2O4. The van der Waals surface area contributed by atoms with E-state index in [1.165, 1.54) is 11.1 Å². The number of hydrogen-bond acceptors (Lipinski definition) is 6. The monoisotopic (exact) mass is 432 g/mol. The predicted octanol–water partition coefficient (Wildman–Crippen LogP) is 3.95. The van der Waals surface area contributed by atoms with Crippen LogP contribution < -0.4 is 15.2 Å². The lowest BCUT2D eigenvalue weighted by atomic mass is 9.79. The van der Waals surface area contributed by atoms with Crippen LogP contribution in [-0.2, 0) is 16.0 Å². The molecule has 0 unspecified atom stereocenters. The van der Waals surface area contributed by atoms with Crippen molar-refractivity contribution in [2.75, 3.05) is 26.8 Å². The highest BCUT2D eigenvalue weighted by molar-refractivity contribution is 5.76. The summed E-state index contributed by atoms with van der Waals surface area (Å²) in [4.78, 5) is 15.3. The minimum Gasteiger partial charge on any atom is -0.493 e. The van der Waals surface area contributed by atoms with Crippen molar-refractivity contribution >= 4 is 5.97 Å². The van der Waals surface area contributed by atoms with Gasteiger partial charge in [0.15, 0.2) is 11.5 Å². The van der Waals surface area contributed by atoms with Crippen molar-refractivity contribution < 1.29 is 19.0 Å². The van der Waals surface area contributed by atoms with Crippen LogP contribution in [0.1, 0.15) is 64.6 Å². The smallest absolute Gasteiger partial charge is 0.323 e. The maximum absolute atomic E-state index is 12.7. The molecule has 31 heavy (non-hydrogen) atoms. The van der Waals surface area contributed by atoms with Crippen LogP contribution in [0.2, 0.25) is 0 Å². The average molecular weight is 433 g/mol. The first kappa shape index (κ1) is 23.9. The third-order valence-corrected chi connectivity index (χ3v) is 6.68. The molecule has 4 atom stereocenters. The van der Waals surface area contributed by atoms with Gasteiger partial charge in [0, 0.05) is 31.5 Å². The van der Waals surface area contributed by atoms with Crippen molar-refractivity contribution in [3.05, 3.63) is 23.3 Å². The molecule has 0 aliphatic carbocycles. The number of hydrogen-bond donors (Lipinski definition) is 1. The maximum atomic E-state index is 12.7. The van der Waals surface area contributed by atoms with Crippen molar-refractivity contribution in [3.63, 3.8) is 0 Å². The van der Waals surface area contributed by atoms with Crippen molar-refractivity contribution in [1.29, 1.82) is 0 Å². The standard InChI is InChI=1S/C25H40N2O4/c1-7-30-23-11-17-8-9-27-14-18(10-15(2)3)21(31-25(28)24(26)16(4)5)13-20(27)19(17)12-22(23)29-6/h11-12,15-16,18,20-21,24H,7-10,13-14,26H2,1-6H3/t18-,20-,21-,24+/m1/s1. The lowest BCUT2D eigenvalue weighted by Crippen LogP contribution is -2.51. The molecule has 1 aromatic rings. The summed E-state index contributed by atoms with van der Waals surface area (Å²) >= 11 is 0. The van der Waals surface area contributed by atoms with Crippen LogP contribution in [0.3, 0.4) is 0 Å². The summed E-state index contributed by atoms with van der Waals surface area (Å²) in [6.45, 7) is 12.9. The van der Waals surface area contributed by atoms with Gasteiger partial charge in [-0.15, -0.1) is 0 Å². The van der Waals surface area contributed by atoms with E-state index in [0.29, 0.717) is 18.4 Å². The first-order chi connectivity index (χ1) is 14.7. The molecule has 1 saturated heterocycles. The Bertz CT molecular complexity index is 764. The molecule has 2 N–H and O–H groups in total. The number of benzene rings is 1. The number of nitrogens with two attached hydrogens (primary N) is 1.